The van der Waals surface area contributed by atoms with Crippen molar-refractivity contribution in [1.82, 2.24) is 14.3 Å². The monoisotopic (exact) mass is 501 g/mol. The normalized spacial score (nSPS) is 15.3. The first-order valence-corrected chi connectivity index (χ1v) is 12.2. The first-order chi connectivity index (χ1) is 15.7. The zero-order valence-electron chi connectivity index (χ0n) is 18.8. The van der Waals surface area contributed by atoms with Gasteiger partial charge in [0.1, 0.15) is 11.6 Å². The fourth-order valence-electron chi connectivity index (χ4n) is 3.92. The highest BCUT2D eigenvalue weighted by Gasteiger charge is 2.37. The lowest BCUT2D eigenvalue weighted by molar-refractivity contribution is -0.140. The number of hydrogen-bond donors (Lipinski definition) is 1. The summed E-state index contributed by atoms with van der Waals surface area (Å²) in [6.07, 6.45) is -1.63. The minimum atomic E-state index is -4.91. The number of sulfonamides is 1. The molecule has 2 heterocycles. The van der Waals surface area contributed by atoms with Crippen molar-refractivity contribution in [2.24, 2.45) is 5.41 Å². The average molecular weight is 502 g/mol. The van der Waals surface area contributed by atoms with Crippen LogP contribution in [-0.2, 0) is 29.3 Å². The van der Waals surface area contributed by atoms with E-state index in [0.717, 1.165) is 6.07 Å². The zero-order chi connectivity index (χ0) is 25.1. The van der Waals surface area contributed by atoms with Crippen LogP contribution in [0.3, 0.4) is 0 Å². The lowest BCUT2D eigenvalue weighted by Gasteiger charge is -2.20. The molecule has 3 aromatic rings. The Kier molecular flexibility index (Phi) is 6.00. The van der Waals surface area contributed by atoms with Gasteiger partial charge in [0.05, 0.1) is 11.4 Å². The largest absolute Gasteiger partial charge is 0.433 e. The van der Waals surface area contributed by atoms with E-state index in [9.17, 15) is 26.0 Å². The molecule has 2 aromatic heterocycles. The Morgan fingerprint density at radius 1 is 1.09 bits per heavy atom. The van der Waals surface area contributed by atoms with E-state index in [4.69, 9.17) is 0 Å². The molecule has 1 fully saturated rings. The number of rotatable bonds is 6. The molecule has 34 heavy (non-hydrogen) atoms. The predicted octanol–water partition coefficient (Wildman–Crippen LogP) is 5.63. The first-order valence-electron chi connectivity index (χ1n) is 10.7. The third-order valence-electron chi connectivity index (χ3n) is 5.54. The van der Waals surface area contributed by atoms with Crippen LogP contribution in [0, 0.1) is 17.0 Å². The number of halogens is 5. The van der Waals surface area contributed by atoms with Crippen LogP contribution in [0.25, 0.3) is 22.0 Å². The van der Waals surface area contributed by atoms with Gasteiger partial charge < -0.3 is 4.57 Å². The summed E-state index contributed by atoms with van der Waals surface area (Å²) >= 11 is 0. The second-order valence-electron chi connectivity index (χ2n) is 9.81. The summed E-state index contributed by atoms with van der Waals surface area (Å²) in [7, 11) is -3.50. The number of fused-ring (bicyclic) bond motifs is 1. The number of hydrogen-bond acceptors (Lipinski definition) is 3. The van der Waals surface area contributed by atoms with Crippen LogP contribution < -0.4 is 4.72 Å². The number of benzene rings is 1. The van der Waals surface area contributed by atoms with Crippen LogP contribution in [0.15, 0.2) is 30.6 Å². The minimum absolute atomic E-state index is 0.0828. The van der Waals surface area contributed by atoms with Gasteiger partial charge in [-0.1, -0.05) is 20.8 Å². The fraction of sp³-hybridized carbons (Fsp3) is 0.435. The molecule has 1 aliphatic rings. The van der Waals surface area contributed by atoms with Crippen molar-refractivity contribution in [3.8, 4) is 11.1 Å². The highest BCUT2D eigenvalue weighted by molar-refractivity contribution is 7.90. The quantitative estimate of drug-likeness (QED) is 0.446. The molecule has 0 atom stereocenters. The molecule has 4 rings (SSSR count). The van der Waals surface area contributed by atoms with Crippen LogP contribution in [0.2, 0.25) is 0 Å². The Bertz CT molecular complexity index is 1350. The molecule has 184 valence electrons. The van der Waals surface area contributed by atoms with E-state index in [1.54, 1.807) is 10.8 Å². The van der Waals surface area contributed by atoms with Gasteiger partial charge in [-0.05, 0) is 42.0 Å². The minimum Gasteiger partial charge on any atom is -0.347 e. The predicted molar refractivity (Wildman–Crippen MR) is 118 cm³/mol. The van der Waals surface area contributed by atoms with Gasteiger partial charge in [0.15, 0.2) is 5.69 Å². The summed E-state index contributed by atoms with van der Waals surface area (Å²) in [5.74, 6) is -2.02. The van der Waals surface area contributed by atoms with Gasteiger partial charge >= 0.3 is 6.18 Å². The maximum absolute atomic E-state index is 15.2. The topological polar surface area (TPSA) is 64.0 Å². The van der Waals surface area contributed by atoms with Crippen molar-refractivity contribution in [1.29, 1.82) is 0 Å². The average Bonchev–Trinajstić information content (AvgIpc) is 3.50. The molecule has 1 N–H and O–H groups in total. The standard InChI is InChI=1S/C23H24F5N3O2S/c1-22(2,3)12-31-11-13(9-30-34(32,33)15-4-5-15)16-7-19(25)17(8-20(16)31)18-6-14(24)10-29-21(18)23(26,27)28/h6-8,10-11,15,30H,4-5,9,12H2,1-3H3. The fourth-order valence-corrected chi connectivity index (χ4v) is 5.27. The van der Waals surface area contributed by atoms with E-state index in [0.29, 0.717) is 48.1 Å². The van der Waals surface area contributed by atoms with Crippen molar-refractivity contribution in [2.45, 2.75) is 58.1 Å². The van der Waals surface area contributed by atoms with E-state index in [1.165, 1.54) is 6.07 Å². The van der Waals surface area contributed by atoms with Gasteiger partial charge in [-0.25, -0.2) is 26.9 Å². The molecule has 11 heteroatoms. The Morgan fingerprint density at radius 3 is 2.35 bits per heavy atom. The summed E-state index contributed by atoms with van der Waals surface area (Å²) in [6, 6.07) is 2.92. The summed E-state index contributed by atoms with van der Waals surface area (Å²) in [5.41, 5.74) is -1.88. The van der Waals surface area contributed by atoms with E-state index in [1.807, 2.05) is 20.8 Å². The molecule has 0 bridgehead atoms. The molecule has 0 amide bonds. The van der Waals surface area contributed by atoms with Gasteiger partial charge in [-0.2, -0.15) is 13.2 Å². The number of nitrogens with one attached hydrogen (secondary N) is 1. The Balaban J connectivity index is 1.87. The summed E-state index contributed by atoms with van der Waals surface area (Å²) in [4.78, 5) is 3.16. The Morgan fingerprint density at radius 2 is 1.76 bits per heavy atom. The lowest BCUT2D eigenvalue weighted by Crippen LogP contribution is -2.26. The lowest BCUT2D eigenvalue weighted by atomic mass is 9.96. The second-order valence-corrected chi connectivity index (χ2v) is 11.9. The van der Waals surface area contributed by atoms with Crippen molar-refractivity contribution >= 4 is 20.9 Å². The summed E-state index contributed by atoms with van der Waals surface area (Å²) in [5, 5.41) is -0.0676. The third kappa shape index (κ3) is 5.10. The molecule has 0 saturated heterocycles. The van der Waals surface area contributed by atoms with Gasteiger partial charge in [0.2, 0.25) is 10.0 Å². The molecule has 0 radical (unpaired) electrons. The number of nitrogens with zero attached hydrogens (tertiary/aromatic N) is 2. The second kappa shape index (κ2) is 8.30. The molecular formula is C23H24F5N3O2S. The number of alkyl halides is 3. The van der Waals surface area contributed by atoms with E-state index < -0.39 is 49.9 Å². The van der Waals surface area contributed by atoms with E-state index >= 15 is 4.39 Å². The first kappa shape index (κ1) is 24.6. The van der Waals surface area contributed by atoms with Gasteiger partial charge in [-0.3, -0.25) is 0 Å². The van der Waals surface area contributed by atoms with Crippen molar-refractivity contribution in [3.05, 3.63) is 53.5 Å². The molecule has 1 saturated carbocycles. The Hall–Kier alpha value is -2.53. The third-order valence-corrected chi connectivity index (χ3v) is 7.43. The molecule has 0 spiro atoms. The molecule has 1 aliphatic carbocycles. The highest BCUT2D eigenvalue weighted by atomic mass is 32.2. The van der Waals surface area contributed by atoms with Crippen LogP contribution in [0.5, 0.6) is 0 Å². The summed E-state index contributed by atoms with van der Waals surface area (Å²) in [6.45, 7) is 6.21. The number of aromatic nitrogens is 2. The van der Waals surface area contributed by atoms with E-state index in [2.05, 4.69) is 9.71 Å². The molecule has 1 aromatic carbocycles. The van der Waals surface area contributed by atoms with Crippen molar-refractivity contribution in [2.75, 3.05) is 0 Å². The van der Waals surface area contributed by atoms with Crippen LogP contribution >= 0.6 is 0 Å². The van der Waals surface area contributed by atoms with Gasteiger partial charge in [-0.15, -0.1) is 0 Å². The van der Waals surface area contributed by atoms with Crippen molar-refractivity contribution < 1.29 is 30.4 Å². The summed E-state index contributed by atoms with van der Waals surface area (Å²) < 4.78 is 98.4. The SMILES string of the molecule is CC(C)(C)Cn1cc(CNS(=O)(=O)C2CC2)c2cc(F)c(-c3cc(F)cnc3C(F)(F)F)cc21. The van der Waals surface area contributed by atoms with Crippen LogP contribution in [-0.4, -0.2) is 23.2 Å². The molecular weight excluding hydrogens is 477 g/mol. The molecule has 0 unspecified atom stereocenters. The zero-order valence-corrected chi connectivity index (χ0v) is 19.6. The molecule has 0 aliphatic heterocycles. The Labute approximate surface area is 194 Å². The van der Waals surface area contributed by atoms with E-state index in [-0.39, 0.29) is 12.0 Å². The van der Waals surface area contributed by atoms with Crippen molar-refractivity contribution in [3.63, 3.8) is 0 Å². The highest BCUT2D eigenvalue weighted by Crippen LogP contribution is 2.39. The van der Waals surface area contributed by atoms with Gasteiger partial charge in [0, 0.05) is 41.3 Å². The van der Waals surface area contributed by atoms with Crippen LogP contribution in [0.1, 0.15) is 44.9 Å². The molecule has 5 nitrogen and oxygen atoms in total. The van der Waals surface area contributed by atoms with Crippen LogP contribution in [0.4, 0.5) is 22.0 Å². The maximum atomic E-state index is 15.2. The van der Waals surface area contributed by atoms with Gasteiger partial charge in [0.25, 0.3) is 0 Å². The smallest absolute Gasteiger partial charge is 0.347 e. The number of pyridine rings is 1. The maximum Gasteiger partial charge on any atom is 0.433 e.